The summed E-state index contributed by atoms with van der Waals surface area (Å²) in [4.78, 5) is 5.78. The third-order valence-corrected chi connectivity index (χ3v) is 4.16. The molecule has 2 aromatic carbocycles. The zero-order valence-corrected chi connectivity index (χ0v) is 17.0. The van der Waals surface area contributed by atoms with E-state index in [0.717, 1.165) is 0 Å². The van der Waals surface area contributed by atoms with E-state index in [2.05, 4.69) is 57.8 Å². The Labute approximate surface area is 153 Å². The summed E-state index contributed by atoms with van der Waals surface area (Å²) in [6, 6.07) is 12.6. The summed E-state index contributed by atoms with van der Waals surface area (Å²) in [5, 5.41) is 2.78. The average molecular weight is 337 g/mol. The fourth-order valence-electron chi connectivity index (χ4n) is 2.43. The molecule has 0 aliphatic carbocycles. The SMILES string of the molecule is CN(C)C.Cc1cc2cc(C)c(C)c(C)c2cc1C.c1ccncc1. The molecule has 3 rings (SSSR count). The second-order valence-corrected chi connectivity index (χ2v) is 6.97. The van der Waals surface area contributed by atoms with Gasteiger partial charge in [-0.3, -0.25) is 4.98 Å². The van der Waals surface area contributed by atoms with Gasteiger partial charge in [0.1, 0.15) is 0 Å². The lowest BCUT2D eigenvalue weighted by Crippen LogP contribution is -1.99. The van der Waals surface area contributed by atoms with E-state index in [1.165, 1.54) is 38.6 Å². The molecule has 0 amide bonds. The lowest BCUT2D eigenvalue weighted by atomic mass is 9.94. The number of nitrogens with zero attached hydrogens (tertiary/aromatic N) is 2. The van der Waals surface area contributed by atoms with Crippen LogP contribution in [-0.2, 0) is 0 Å². The van der Waals surface area contributed by atoms with Crippen molar-refractivity contribution in [3.63, 3.8) is 0 Å². The van der Waals surface area contributed by atoms with Gasteiger partial charge in [0.15, 0.2) is 0 Å². The van der Waals surface area contributed by atoms with Gasteiger partial charge in [0.25, 0.3) is 0 Å². The number of benzene rings is 2. The average Bonchev–Trinajstić information content (AvgIpc) is 2.57. The van der Waals surface area contributed by atoms with Crippen molar-refractivity contribution in [2.24, 2.45) is 0 Å². The zero-order valence-electron chi connectivity index (χ0n) is 17.0. The third-order valence-electron chi connectivity index (χ3n) is 4.16. The van der Waals surface area contributed by atoms with E-state index >= 15 is 0 Å². The van der Waals surface area contributed by atoms with Crippen LogP contribution in [0.5, 0.6) is 0 Å². The van der Waals surface area contributed by atoms with Gasteiger partial charge >= 0.3 is 0 Å². The Morgan fingerprint density at radius 1 is 0.640 bits per heavy atom. The highest BCUT2D eigenvalue weighted by atomic mass is 15.0. The maximum atomic E-state index is 3.78. The Morgan fingerprint density at radius 3 is 1.56 bits per heavy atom. The van der Waals surface area contributed by atoms with Crippen LogP contribution < -0.4 is 0 Å². The van der Waals surface area contributed by atoms with E-state index in [1.807, 2.05) is 44.2 Å². The van der Waals surface area contributed by atoms with E-state index in [9.17, 15) is 0 Å². The van der Waals surface area contributed by atoms with Gasteiger partial charge in [-0.05, 0) is 106 Å². The predicted octanol–water partition coefficient (Wildman–Crippen LogP) is 5.64. The highest BCUT2D eigenvalue weighted by Crippen LogP contribution is 2.27. The number of fused-ring (bicyclic) bond motifs is 1. The Kier molecular flexibility index (Phi) is 8.30. The van der Waals surface area contributed by atoms with Crippen molar-refractivity contribution in [2.75, 3.05) is 21.1 Å². The van der Waals surface area contributed by atoms with Gasteiger partial charge in [-0.25, -0.2) is 0 Å². The molecule has 0 fully saturated rings. The zero-order chi connectivity index (χ0) is 19.0. The van der Waals surface area contributed by atoms with Crippen LogP contribution in [0.25, 0.3) is 10.8 Å². The van der Waals surface area contributed by atoms with Crippen LogP contribution in [0.4, 0.5) is 0 Å². The summed E-state index contributed by atoms with van der Waals surface area (Å²) < 4.78 is 0. The van der Waals surface area contributed by atoms with E-state index in [1.54, 1.807) is 12.4 Å². The molecule has 25 heavy (non-hydrogen) atoms. The van der Waals surface area contributed by atoms with Gasteiger partial charge in [-0.1, -0.05) is 24.3 Å². The van der Waals surface area contributed by atoms with Crippen LogP contribution in [0, 0.1) is 34.6 Å². The number of pyridine rings is 1. The van der Waals surface area contributed by atoms with Crippen molar-refractivity contribution in [2.45, 2.75) is 34.6 Å². The van der Waals surface area contributed by atoms with Crippen LogP contribution in [0.15, 0.2) is 48.8 Å². The molecule has 0 aliphatic heterocycles. The van der Waals surface area contributed by atoms with Gasteiger partial charge in [0, 0.05) is 12.4 Å². The fourth-order valence-corrected chi connectivity index (χ4v) is 2.43. The molecule has 3 aromatic rings. The number of rotatable bonds is 0. The van der Waals surface area contributed by atoms with Gasteiger partial charge in [0.05, 0.1) is 0 Å². The second-order valence-electron chi connectivity index (χ2n) is 6.97. The number of hydrogen-bond donors (Lipinski definition) is 0. The minimum Gasteiger partial charge on any atom is -0.312 e. The molecule has 2 nitrogen and oxygen atoms in total. The van der Waals surface area contributed by atoms with Crippen molar-refractivity contribution < 1.29 is 0 Å². The van der Waals surface area contributed by atoms with E-state index in [-0.39, 0.29) is 0 Å². The molecule has 134 valence electrons. The minimum absolute atomic E-state index is 1.37. The Morgan fingerprint density at radius 2 is 1.12 bits per heavy atom. The summed E-state index contributed by atoms with van der Waals surface area (Å²) >= 11 is 0. The summed E-state index contributed by atoms with van der Waals surface area (Å²) in [7, 11) is 6.00. The van der Waals surface area contributed by atoms with Crippen molar-refractivity contribution in [1.82, 2.24) is 9.88 Å². The molecule has 0 saturated carbocycles. The summed E-state index contributed by atoms with van der Waals surface area (Å²) in [5.41, 5.74) is 7.00. The molecule has 2 heteroatoms. The molecule has 0 spiro atoms. The van der Waals surface area contributed by atoms with Crippen LogP contribution >= 0.6 is 0 Å². The van der Waals surface area contributed by atoms with Crippen molar-refractivity contribution in [1.29, 1.82) is 0 Å². The summed E-state index contributed by atoms with van der Waals surface area (Å²) in [6.07, 6.45) is 3.50. The topological polar surface area (TPSA) is 16.1 Å². The lowest BCUT2D eigenvalue weighted by Gasteiger charge is -2.11. The largest absolute Gasteiger partial charge is 0.312 e. The molecule has 1 aromatic heterocycles. The first-order valence-electron chi connectivity index (χ1n) is 8.67. The van der Waals surface area contributed by atoms with Crippen LogP contribution in [0.1, 0.15) is 27.8 Å². The van der Waals surface area contributed by atoms with Gasteiger partial charge in [-0.2, -0.15) is 0 Å². The molecule has 0 N–H and O–H groups in total. The molecule has 0 atom stereocenters. The number of aryl methyl sites for hydroxylation is 4. The van der Waals surface area contributed by atoms with E-state index < -0.39 is 0 Å². The first-order chi connectivity index (χ1) is 11.7. The molecular formula is C23H32N2. The summed E-state index contributed by atoms with van der Waals surface area (Å²) in [5.74, 6) is 0. The first-order valence-corrected chi connectivity index (χ1v) is 8.67. The molecule has 0 bridgehead atoms. The normalized spacial score (nSPS) is 9.96. The predicted molar refractivity (Wildman–Crippen MR) is 111 cm³/mol. The van der Waals surface area contributed by atoms with Crippen molar-refractivity contribution >= 4 is 10.8 Å². The minimum atomic E-state index is 1.37. The summed E-state index contributed by atoms with van der Waals surface area (Å²) in [6.45, 7) is 11.0. The molecule has 0 aliphatic rings. The monoisotopic (exact) mass is 336 g/mol. The maximum Gasteiger partial charge on any atom is 0.0267 e. The molecule has 1 heterocycles. The lowest BCUT2D eigenvalue weighted by molar-refractivity contribution is 0.505. The van der Waals surface area contributed by atoms with E-state index in [0.29, 0.717) is 0 Å². The maximum absolute atomic E-state index is 3.78. The van der Waals surface area contributed by atoms with Gasteiger partial charge in [0.2, 0.25) is 0 Å². The molecular weight excluding hydrogens is 304 g/mol. The van der Waals surface area contributed by atoms with Crippen LogP contribution in [-0.4, -0.2) is 31.0 Å². The molecule has 0 unspecified atom stereocenters. The first kappa shape index (κ1) is 20.9. The number of aromatic nitrogens is 1. The fraction of sp³-hybridized carbons (Fsp3) is 0.348. The second kappa shape index (κ2) is 9.95. The highest BCUT2D eigenvalue weighted by Gasteiger charge is 2.05. The van der Waals surface area contributed by atoms with Crippen LogP contribution in [0.3, 0.4) is 0 Å². The Balaban J connectivity index is 0.000000257. The van der Waals surface area contributed by atoms with Crippen molar-refractivity contribution in [3.05, 3.63) is 76.6 Å². The van der Waals surface area contributed by atoms with Gasteiger partial charge < -0.3 is 4.90 Å². The molecule has 0 saturated heterocycles. The number of hydrogen-bond acceptors (Lipinski definition) is 2. The Bertz CT molecular complexity index is 756. The van der Waals surface area contributed by atoms with E-state index in [4.69, 9.17) is 0 Å². The quantitative estimate of drug-likeness (QED) is 0.528. The van der Waals surface area contributed by atoms with Crippen LogP contribution in [0.2, 0.25) is 0 Å². The third kappa shape index (κ3) is 6.67. The smallest absolute Gasteiger partial charge is 0.0267 e. The Hall–Kier alpha value is -2.19. The van der Waals surface area contributed by atoms with Gasteiger partial charge in [-0.15, -0.1) is 0 Å². The highest BCUT2D eigenvalue weighted by molar-refractivity contribution is 5.88. The molecule has 0 radical (unpaired) electrons. The standard InChI is InChI=1S/C15H18.C5H5N.C3H9N/c1-9-6-14-7-11(3)12(4)13(5)15(14)8-10(9)2;1-2-4-6-5-3-1;1-4(2)3/h6-8H,1-5H3;1-5H;1-3H3. The van der Waals surface area contributed by atoms with Crippen molar-refractivity contribution in [3.8, 4) is 0 Å².